The summed E-state index contributed by atoms with van der Waals surface area (Å²) in [6.07, 6.45) is 0.651. The molecule has 0 aromatic rings. The van der Waals surface area contributed by atoms with Crippen LogP contribution >= 0.6 is 12.2 Å². The van der Waals surface area contributed by atoms with Gasteiger partial charge in [-0.2, -0.15) is 8.42 Å². The van der Waals surface area contributed by atoms with Crippen LogP contribution in [0.5, 0.6) is 0 Å². The maximum absolute atomic E-state index is 10.6. The van der Waals surface area contributed by atoms with Crippen molar-refractivity contribution in [3.8, 4) is 0 Å². The van der Waals surface area contributed by atoms with Crippen molar-refractivity contribution in [3.05, 3.63) is 0 Å². The summed E-state index contributed by atoms with van der Waals surface area (Å²) in [6, 6.07) is 0. The fourth-order valence-corrected chi connectivity index (χ4v) is 1.21. The van der Waals surface area contributed by atoms with Gasteiger partial charge in [0.15, 0.2) is 0 Å². The molecule has 0 rings (SSSR count). The first-order valence-corrected chi connectivity index (χ1v) is 4.60. The summed E-state index contributed by atoms with van der Waals surface area (Å²) in [5.74, 6) is 0. The summed E-state index contributed by atoms with van der Waals surface area (Å²) in [6.45, 7) is 1.99. The van der Waals surface area contributed by atoms with Gasteiger partial charge >= 0.3 is 39.9 Å². The van der Waals surface area contributed by atoms with Crippen molar-refractivity contribution in [2.75, 3.05) is 6.61 Å². The molecule has 4 nitrogen and oxygen atoms in total. The number of rotatable bonds is 5. The van der Waals surface area contributed by atoms with Crippen LogP contribution in [0, 0.1) is 0 Å². The minimum absolute atomic E-state index is 0. The predicted octanol–water partition coefficient (Wildman–Crippen LogP) is -2.68. The maximum atomic E-state index is 10.6. The van der Waals surface area contributed by atoms with Gasteiger partial charge in [-0.1, -0.05) is 19.1 Å². The van der Waals surface area contributed by atoms with Crippen LogP contribution in [0.3, 0.4) is 0 Å². The van der Waals surface area contributed by atoms with E-state index in [-0.39, 0.29) is 37.6 Å². The fourth-order valence-electron chi connectivity index (χ4n) is 0.286. The van der Waals surface area contributed by atoms with Crippen molar-refractivity contribution < 1.29 is 43.6 Å². The normalized spacial score (nSPS) is 9.91. The summed E-state index contributed by atoms with van der Waals surface area (Å²) in [5.41, 5.74) is 0.894. The zero-order chi connectivity index (χ0) is 8.04. The van der Waals surface area contributed by atoms with Crippen molar-refractivity contribution in [2.24, 2.45) is 0 Å². The molecule has 7 heteroatoms. The molecule has 0 saturated heterocycles. The Morgan fingerprint density at radius 2 is 2.27 bits per heavy atom. The van der Waals surface area contributed by atoms with Gasteiger partial charge in [-0.15, -0.1) is 0 Å². The molecular weight excluding hydrogens is 197 g/mol. The Morgan fingerprint density at radius 1 is 1.73 bits per heavy atom. The first-order chi connectivity index (χ1) is 4.62. The van der Waals surface area contributed by atoms with Crippen LogP contribution in [0.2, 0.25) is 0 Å². The summed E-state index contributed by atoms with van der Waals surface area (Å²) in [4.78, 5) is 0. The molecule has 0 atom stereocenters. The largest absolute Gasteiger partial charge is 1.00 e. The average molecular weight is 207 g/mol. The third-order valence-electron chi connectivity index (χ3n) is 0.635. The second-order valence-corrected chi connectivity index (χ2v) is 3.13. The van der Waals surface area contributed by atoms with E-state index in [1.165, 1.54) is 0 Å². The van der Waals surface area contributed by atoms with E-state index in [0.717, 1.165) is 5.49 Å². The van der Waals surface area contributed by atoms with Crippen LogP contribution in [0.1, 0.15) is 14.8 Å². The van der Waals surface area contributed by atoms with E-state index >= 15 is 0 Å². The second-order valence-electron chi connectivity index (χ2n) is 1.51. The zero-order valence-electron chi connectivity index (χ0n) is 7.53. The Hall–Kier alpha value is 0.800. The van der Waals surface area contributed by atoms with Gasteiger partial charge in [-0.05, 0) is 6.42 Å². The Kier molecular flexibility index (Phi) is 9.71. The molecule has 0 unspecified atom stereocenters. The molecule has 11 heavy (non-hydrogen) atoms. The van der Waals surface area contributed by atoms with Crippen LogP contribution in [-0.4, -0.2) is 20.5 Å². The molecule has 0 radical (unpaired) electrons. The second kappa shape index (κ2) is 7.45. The van der Waals surface area contributed by atoms with Crippen molar-refractivity contribution in [2.45, 2.75) is 13.3 Å². The standard InChI is InChI=1S/C4H9NO3S2.Na.H/c1-2-3-8-10(6,7)5-4-9;;/h4H,2-3H2,1H3,(H,5,9);;/q;+1;-1. The SMILES string of the molecule is CCCOS(=O)(=O)NC=S.[H-].[Na+]. The monoisotopic (exact) mass is 207 g/mol. The average Bonchev–Trinajstić information content (AvgIpc) is 1.84. The number of thiocarbonyl (C=S) groups is 1. The molecule has 62 valence electrons. The fraction of sp³-hybridized carbons (Fsp3) is 0.750. The van der Waals surface area contributed by atoms with Crippen LogP contribution in [0.25, 0.3) is 0 Å². The summed E-state index contributed by atoms with van der Waals surface area (Å²) in [5, 5.41) is 0. The van der Waals surface area contributed by atoms with Crippen LogP contribution < -0.4 is 34.3 Å². The van der Waals surface area contributed by atoms with Gasteiger partial charge in [0.25, 0.3) is 0 Å². The van der Waals surface area contributed by atoms with E-state index in [1.807, 2.05) is 11.6 Å². The summed E-state index contributed by atoms with van der Waals surface area (Å²) >= 11 is 4.26. The first kappa shape index (κ1) is 14.3. The van der Waals surface area contributed by atoms with Crippen molar-refractivity contribution in [3.63, 3.8) is 0 Å². The van der Waals surface area contributed by atoms with Crippen molar-refractivity contribution in [1.82, 2.24) is 4.72 Å². The van der Waals surface area contributed by atoms with Crippen LogP contribution in [0.15, 0.2) is 0 Å². The van der Waals surface area contributed by atoms with Gasteiger partial charge in [0, 0.05) is 0 Å². The minimum atomic E-state index is -3.60. The Bertz CT molecular complexity index is 196. The molecule has 0 aliphatic carbocycles. The molecule has 0 fully saturated rings. The predicted molar refractivity (Wildman–Crippen MR) is 43.1 cm³/mol. The number of hydrogen-bond donors (Lipinski definition) is 1. The van der Waals surface area contributed by atoms with E-state index in [1.54, 1.807) is 0 Å². The first-order valence-electron chi connectivity index (χ1n) is 2.72. The molecule has 1 N–H and O–H groups in total. The Labute approximate surface area is 95.7 Å². The maximum Gasteiger partial charge on any atom is 1.00 e. The molecule has 0 aromatic heterocycles. The molecule has 0 aliphatic heterocycles. The molecule has 0 aliphatic rings. The molecule has 0 aromatic carbocycles. The molecule has 0 amide bonds. The Morgan fingerprint density at radius 3 is 2.64 bits per heavy atom. The smallest absolute Gasteiger partial charge is 1.00 e. The molecule has 0 bridgehead atoms. The molecule has 0 heterocycles. The van der Waals surface area contributed by atoms with E-state index in [4.69, 9.17) is 0 Å². The van der Waals surface area contributed by atoms with Crippen molar-refractivity contribution >= 4 is 28.0 Å². The summed E-state index contributed by atoms with van der Waals surface area (Å²) < 4.78 is 27.4. The quantitative estimate of drug-likeness (QED) is 0.394. The van der Waals surface area contributed by atoms with E-state index < -0.39 is 10.3 Å². The zero-order valence-corrected chi connectivity index (χ0v) is 10.2. The number of hydrogen-bond acceptors (Lipinski definition) is 4. The Balaban J connectivity index is -0.000000405. The minimum Gasteiger partial charge on any atom is -1.00 e. The third kappa shape index (κ3) is 8.71. The van der Waals surface area contributed by atoms with Gasteiger partial charge in [0.05, 0.1) is 12.1 Å². The van der Waals surface area contributed by atoms with Gasteiger partial charge in [0.1, 0.15) is 0 Å². The van der Waals surface area contributed by atoms with E-state index in [0.29, 0.717) is 6.42 Å². The third-order valence-corrected chi connectivity index (χ3v) is 1.79. The molecular formula is C4H10NNaO3S2. The van der Waals surface area contributed by atoms with Gasteiger partial charge < -0.3 is 1.43 Å². The topological polar surface area (TPSA) is 55.4 Å². The molecule has 0 spiro atoms. The van der Waals surface area contributed by atoms with Crippen LogP contribution in [-0.2, 0) is 14.5 Å². The van der Waals surface area contributed by atoms with Gasteiger partial charge in [-0.3, -0.25) is 8.91 Å². The number of nitrogens with one attached hydrogen (secondary N) is 1. The van der Waals surface area contributed by atoms with Crippen LogP contribution in [0.4, 0.5) is 0 Å². The summed E-state index contributed by atoms with van der Waals surface area (Å²) in [7, 11) is -3.60. The van der Waals surface area contributed by atoms with Gasteiger partial charge in [-0.25, -0.2) is 0 Å². The van der Waals surface area contributed by atoms with E-state index in [9.17, 15) is 8.42 Å². The van der Waals surface area contributed by atoms with Crippen molar-refractivity contribution in [1.29, 1.82) is 0 Å². The van der Waals surface area contributed by atoms with E-state index in [2.05, 4.69) is 16.4 Å². The molecule has 0 saturated carbocycles. The van der Waals surface area contributed by atoms with Gasteiger partial charge in [0.2, 0.25) is 0 Å².